The lowest BCUT2D eigenvalue weighted by molar-refractivity contribution is -0.00864. The van der Waals surface area contributed by atoms with Gasteiger partial charge in [-0.3, -0.25) is 0 Å². The van der Waals surface area contributed by atoms with Gasteiger partial charge in [-0.15, -0.1) is 0 Å². The lowest BCUT2D eigenvalue weighted by Crippen LogP contribution is -2.54. The summed E-state index contributed by atoms with van der Waals surface area (Å²) in [6.45, 7) is 8.87. The van der Waals surface area contributed by atoms with Crippen LogP contribution in [0.25, 0.3) is 0 Å². The quantitative estimate of drug-likeness (QED) is 0.468. The van der Waals surface area contributed by atoms with Crippen LogP contribution in [0, 0.1) is 10.8 Å². The lowest BCUT2D eigenvalue weighted by atomic mass is 9.50. The van der Waals surface area contributed by atoms with Crippen molar-refractivity contribution in [2.75, 3.05) is 0 Å². The average Bonchev–Trinajstić information content (AvgIpc) is 2.35. The second-order valence-electron chi connectivity index (χ2n) is 6.35. The van der Waals surface area contributed by atoms with Crippen molar-refractivity contribution in [1.29, 1.82) is 0 Å². The largest absolute Gasteiger partial charge is 0.392 e. The van der Waals surface area contributed by atoms with Crippen LogP contribution < -0.4 is 0 Å². The summed E-state index contributed by atoms with van der Waals surface area (Å²) in [7, 11) is 0. The Labute approximate surface area is 127 Å². The molecule has 1 nitrogen and oxygen atoms in total. The summed E-state index contributed by atoms with van der Waals surface area (Å²) in [4.78, 5) is 2.24. The highest BCUT2D eigenvalue weighted by Crippen LogP contribution is 2.62. The second-order valence-corrected chi connectivity index (χ2v) is 7.79. The molecule has 2 atom stereocenters. The van der Waals surface area contributed by atoms with Crippen molar-refractivity contribution in [3.63, 3.8) is 0 Å². The number of halogens is 2. The van der Waals surface area contributed by atoms with Crippen LogP contribution in [0.3, 0.4) is 0 Å². The molecule has 0 bridgehead atoms. The van der Waals surface area contributed by atoms with E-state index in [2.05, 4.69) is 57.3 Å². The predicted molar refractivity (Wildman–Crippen MR) is 84.2 cm³/mol. The fourth-order valence-electron chi connectivity index (χ4n) is 3.86. The third-order valence-electron chi connectivity index (χ3n) is 5.29. The van der Waals surface area contributed by atoms with E-state index in [0.29, 0.717) is 0 Å². The van der Waals surface area contributed by atoms with E-state index in [4.69, 9.17) is 0 Å². The standard InChI is InChI=1S/C15H22Br2O/c1-10-8-12(18)13(17)14(2,3)15(10)6-4-11(9-16)5-7-15/h9,12-13,18H,1,4-8H2,2-3H3/t12-,13-,15?/m1/s1. The molecule has 1 N–H and O–H groups in total. The SMILES string of the molecule is C=C1C[C@@H](O)[C@@H](Br)C(C)(C)C12CCC(=CBr)CC2. The van der Waals surface area contributed by atoms with Crippen molar-refractivity contribution in [1.82, 2.24) is 0 Å². The molecule has 1 spiro atoms. The van der Waals surface area contributed by atoms with Crippen LogP contribution in [0.4, 0.5) is 0 Å². The Morgan fingerprint density at radius 3 is 2.39 bits per heavy atom. The monoisotopic (exact) mass is 376 g/mol. The van der Waals surface area contributed by atoms with Gasteiger partial charge in [-0.1, -0.05) is 63.4 Å². The third-order valence-corrected chi connectivity index (χ3v) is 7.70. The van der Waals surface area contributed by atoms with Gasteiger partial charge in [0.25, 0.3) is 0 Å². The van der Waals surface area contributed by atoms with Gasteiger partial charge in [0.1, 0.15) is 0 Å². The highest BCUT2D eigenvalue weighted by Gasteiger charge is 2.55. The van der Waals surface area contributed by atoms with E-state index < -0.39 is 0 Å². The van der Waals surface area contributed by atoms with Gasteiger partial charge in [-0.25, -0.2) is 0 Å². The van der Waals surface area contributed by atoms with Gasteiger partial charge < -0.3 is 5.11 Å². The first-order valence-corrected chi connectivity index (χ1v) is 8.47. The van der Waals surface area contributed by atoms with E-state index in [1.54, 1.807) is 0 Å². The summed E-state index contributed by atoms with van der Waals surface area (Å²) in [5.41, 5.74) is 2.99. The first-order valence-electron chi connectivity index (χ1n) is 6.63. The number of aliphatic hydroxyl groups excluding tert-OH is 1. The van der Waals surface area contributed by atoms with Crippen molar-refractivity contribution in [3.8, 4) is 0 Å². The fourth-order valence-corrected chi connectivity index (χ4v) is 4.94. The minimum absolute atomic E-state index is 0.0552. The molecule has 2 aliphatic rings. The molecule has 0 radical (unpaired) electrons. The van der Waals surface area contributed by atoms with Crippen molar-refractivity contribution >= 4 is 31.9 Å². The number of aliphatic hydroxyl groups is 1. The molecule has 0 amide bonds. The van der Waals surface area contributed by atoms with Crippen molar-refractivity contribution in [2.24, 2.45) is 10.8 Å². The number of hydrogen-bond acceptors (Lipinski definition) is 1. The van der Waals surface area contributed by atoms with Crippen LogP contribution in [-0.4, -0.2) is 16.0 Å². The molecular formula is C15H22Br2O. The van der Waals surface area contributed by atoms with Crippen LogP contribution in [0.2, 0.25) is 0 Å². The first kappa shape index (κ1) is 14.8. The number of allylic oxidation sites excluding steroid dienone is 1. The maximum absolute atomic E-state index is 10.2. The zero-order valence-corrected chi connectivity index (χ0v) is 14.3. The Bertz CT molecular complexity index is 374. The van der Waals surface area contributed by atoms with Gasteiger partial charge in [0.05, 0.1) is 6.10 Å². The Morgan fingerprint density at radius 2 is 1.89 bits per heavy atom. The zero-order valence-electron chi connectivity index (χ0n) is 11.2. The Balaban J connectivity index is 2.33. The van der Waals surface area contributed by atoms with Crippen LogP contribution in [0.5, 0.6) is 0 Å². The molecule has 0 aromatic heterocycles. The van der Waals surface area contributed by atoms with E-state index in [1.165, 1.54) is 11.1 Å². The summed E-state index contributed by atoms with van der Waals surface area (Å²) in [6, 6.07) is 0. The highest BCUT2D eigenvalue weighted by atomic mass is 79.9. The summed E-state index contributed by atoms with van der Waals surface area (Å²) in [5, 5.41) is 10.2. The smallest absolute Gasteiger partial charge is 0.0707 e. The third kappa shape index (κ3) is 2.06. The molecule has 0 aromatic rings. The van der Waals surface area contributed by atoms with Crippen LogP contribution >= 0.6 is 31.9 Å². The fraction of sp³-hybridized carbons (Fsp3) is 0.733. The van der Waals surface area contributed by atoms with Crippen molar-refractivity contribution < 1.29 is 5.11 Å². The summed E-state index contributed by atoms with van der Waals surface area (Å²) >= 11 is 7.19. The summed E-state index contributed by atoms with van der Waals surface area (Å²) < 4.78 is 0. The molecule has 2 fully saturated rings. The lowest BCUT2D eigenvalue weighted by Gasteiger charge is -2.57. The van der Waals surface area contributed by atoms with Gasteiger partial charge in [0, 0.05) is 4.83 Å². The molecule has 3 heteroatoms. The van der Waals surface area contributed by atoms with Gasteiger partial charge in [0.2, 0.25) is 0 Å². The van der Waals surface area contributed by atoms with E-state index in [1.807, 2.05) is 0 Å². The number of rotatable bonds is 0. The first-order chi connectivity index (χ1) is 8.35. The Hall–Kier alpha value is 0.400. The molecule has 0 saturated heterocycles. The minimum atomic E-state index is -0.300. The molecule has 102 valence electrons. The van der Waals surface area contributed by atoms with Crippen LogP contribution in [0.1, 0.15) is 46.0 Å². The molecule has 18 heavy (non-hydrogen) atoms. The molecular weight excluding hydrogens is 356 g/mol. The molecule has 2 rings (SSSR count). The normalized spacial score (nSPS) is 40.1. The Morgan fingerprint density at radius 1 is 1.33 bits per heavy atom. The van der Waals surface area contributed by atoms with Gasteiger partial charge >= 0.3 is 0 Å². The number of hydrogen-bond donors (Lipinski definition) is 1. The molecule has 2 saturated carbocycles. The topological polar surface area (TPSA) is 20.2 Å². The molecule has 0 unspecified atom stereocenters. The van der Waals surface area contributed by atoms with E-state index >= 15 is 0 Å². The van der Waals surface area contributed by atoms with E-state index in [9.17, 15) is 5.11 Å². The molecule has 0 heterocycles. The van der Waals surface area contributed by atoms with E-state index in [0.717, 1.165) is 32.1 Å². The van der Waals surface area contributed by atoms with Crippen molar-refractivity contribution in [2.45, 2.75) is 56.9 Å². The minimum Gasteiger partial charge on any atom is -0.392 e. The summed E-state index contributed by atoms with van der Waals surface area (Å²) in [5.74, 6) is 0. The Kier molecular flexibility index (Phi) is 4.16. The summed E-state index contributed by atoms with van der Waals surface area (Å²) in [6.07, 6.45) is 5.04. The van der Waals surface area contributed by atoms with E-state index in [-0.39, 0.29) is 21.8 Å². The second kappa shape index (κ2) is 5.06. The maximum atomic E-state index is 10.2. The molecule has 0 aliphatic heterocycles. The van der Waals surface area contributed by atoms with Crippen LogP contribution in [-0.2, 0) is 0 Å². The van der Waals surface area contributed by atoms with Gasteiger partial charge in [-0.2, -0.15) is 0 Å². The maximum Gasteiger partial charge on any atom is 0.0707 e. The predicted octanol–water partition coefficient (Wildman–Crippen LogP) is 4.94. The highest BCUT2D eigenvalue weighted by molar-refractivity contribution is 9.11. The van der Waals surface area contributed by atoms with Gasteiger partial charge in [-0.05, 0) is 47.9 Å². The average molecular weight is 378 g/mol. The zero-order chi connectivity index (χ0) is 13.6. The van der Waals surface area contributed by atoms with Crippen molar-refractivity contribution in [3.05, 3.63) is 22.7 Å². The molecule has 0 aromatic carbocycles. The number of alkyl halides is 1. The van der Waals surface area contributed by atoms with Crippen LogP contribution in [0.15, 0.2) is 22.7 Å². The van der Waals surface area contributed by atoms with Gasteiger partial charge in [0.15, 0.2) is 0 Å². The molecule has 2 aliphatic carbocycles.